The van der Waals surface area contributed by atoms with E-state index in [9.17, 15) is 9.90 Å². The van der Waals surface area contributed by atoms with Crippen LogP contribution in [0.4, 0.5) is 0 Å². The standard InChI is InChI=1S/C18H20N.C7H6O2/c1-19(2,3)13-18-16-10-6-4-8-14(16)12-15-9-5-7-11-17(15)18;8-7(9)6-4-2-1-3-5-6/h4-12H,13H2,1-3H3;1-5H,(H,8,9)/q+1;/p-1. The molecule has 0 radical (unpaired) electrons. The second-order valence-corrected chi connectivity index (χ2v) is 7.90. The second kappa shape index (κ2) is 8.24. The molecule has 4 rings (SSSR count). The lowest BCUT2D eigenvalue weighted by Crippen LogP contribution is -2.33. The van der Waals surface area contributed by atoms with E-state index in [0.717, 1.165) is 11.0 Å². The number of benzene rings is 4. The summed E-state index contributed by atoms with van der Waals surface area (Å²) in [7, 11) is 6.74. The van der Waals surface area contributed by atoms with E-state index >= 15 is 0 Å². The van der Waals surface area contributed by atoms with E-state index in [0.29, 0.717) is 0 Å². The molecule has 0 aliphatic carbocycles. The van der Waals surface area contributed by atoms with Crippen LogP contribution in [0.25, 0.3) is 21.5 Å². The van der Waals surface area contributed by atoms with Gasteiger partial charge in [-0.2, -0.15) is 0 Å². The maximum atomic E-state index is 10.1. The Morgan fingerprint density at radius 1 is 0.750 bits per heavy atom. The molecule has 142 valence electrons. The topological polar surface area (TPSA) is 40.1 Å². The molecule has 0 N–H and O–H groups in total. The number of quaternary nitrogens is 1. The summed E-state index contributed by atoms with van der Waals surface area (Å²) in [5.41, 5.74) is 1.68. The van der Waals surface area contributed by atoms with Crippen molar-refractivity contribution in [2.24, 2.45) is 0 Å². The van der Waals surface area contributed by atoms with Crippen LogP contribution >= 0.6 is 0 Å². The average Bonchev–Trinajstić information content (AvgIpc) is 2.68. The average molecular weight is 371 g/mol. The largest absolute Gasteiger partial charge is 0.545 e. The lowest BCUT2D eigenvalue weighted by molar-refractivity contribution is -0.883. The third-order valence-corrected chi connectivity index (χ3v) is 4.52. The van der Waals surface area contributed by atoms with Gasteiger partial charge < -0.3 is 14.4 Å². The molecule has 0 aliphatic heterocycles. The van der Waals surface area contributed by atoms with Crippen LogP contribution in [-0.2, 0) is 6.54 Å². The first-order valence-corrected chi connectivity index (χ1v) is 9.31. The molecule has 3 nitrogen and oxygen atoms in total. The van der Waals surface area contributed by atoms with Crippen molar-refractivity contribution in [3.05, 3.63) is 96.1 Å². The molecule has 0 amide bonds. The van der Waals surface area contributed by atoms with Crippen LogP contribution in [-0.4, -0.2) is 31.6 Å². The van der Waals surface area contributed by atoms with Gasteiger partial charge in [0, 0.05) is 5.56 Å². The van der Waals surface area contributed by atoms with E-state index in [1.54, 1.807) is 18.2 Å². The van der Waals surface area contributed by atoms with Crippen LogP contribution in [0.3, 0.4) is 0 Å². The van der Waals surface area contributed by atoms with Gasteiger partial charge in [-0.1, -0.05) is 78.9 Å². The smallest absolute Gasteiger partial charge is 0.105 e. The maximum Gasteiger partial charge on any atom is 0.105 e. The van der Waals surface area contributed by atoms with Gasteiger partial charge in [0.1, 0.15) is 6.54 Å². The van der Waals surface area contributed by atoms with Gasteiger partial charge in [0.15, 0.2) is 0 Å². The van der Waals surface area contributed by atoms with Crippen molar-refractivity contribution in [2.75, 3.05) is 21.1 Å². The summed E-state index contributed by atoms with van der Waals surface area (Å²) < 4.78 is 0.942. The fourth-order valence-electron chi connectivity index (χ4n) is 3.33. The predicted molar refractivity (Wildman–Crippen MR) is 114 cm³/mol. The van der Waals surface area contributed by atoms with Crippen molar-refractivity contribution >= 4 is 27.5 Å². The van der Waals surface area contributed by atoms with E-state index in [-0.39, 0.29) is 5.56 Å². The Labute approximate surface area is 166 Å². The summed E-state index contributed by atoms with van der Waals surface area (Å²) in [6, 6.07) is 27.8. The highest BCUT2D eigenvalue weighted by Gasteiger charge is 2.14. The van der Waals surface area contributed by atoms with Crippen molar-refractivity contribution in [1.82, 2.24) is 0 Å². The summed E-state index contributed by atoms with van der Waals surface area (Å²) in [4.78, 5) is 10.1. The van der Waals surface area contributed by atoms with Crippen LogP contribution in [0.1, 0.15) is 15.9 Å². The van der Waals surface area contributed by atoms with E-state index in [2.05, 4.69) is 75.7 Å². The summed E-state index contributed by atoms with van der Waals surface area (Å²) in [5, 5.41) is 15.5. The Balaban J connectivity index is 0.000000211. The van der Waals surface area contributed by atoms with Gasteiger partial charge in [0.25, 0.3) is 0 Å². The van der Waals surface area contributed by atoms with Crippen LogP contribution in [0, 0.1) is 0 Å². The Morgan fingerprint density at radius 2 is 1.21 bits per heavy atom. The predicted octanol–water partition coefficient (Wildman–Crippen LogP) is 4.25. The molecule has 0 heterocycles. The third kappa shape index (κ3) is 4.76. The third-order valence-electron chi connectivity index (χ3n) is 4.52. The number of carboxylic acids is 1. The molecule has 4 aromatic carbocycles. The molecular formula is C25H25NO2. The highest BCUT2D eigenvalue weighted by atomic mass is 16.4. The van der Waals surface area contributed by atoms with E-state index < -0.39 is 5.97 Å². The molecule has 0 fully saturated rings. The minimum absolute atomic E-state index is 0.220. The second-order valence-electron chi connectivity index (χ2n) is 7.90. The molecule has 0 aromatic heterocycles. The fraction of sp³-hybridized carbons (Fsp3) is 0.160. The van der Waals surface area contributed by atoms with Gasteiger partial charge in [-0.05, 0) is 33.2 Å². The van der Waals surface area contributed by atoms with Gasteiger partial charge in [0.2, 0.25) is 0 Å². The minimum Gasteiger partial charge on any atom is -0.545 e. The highest BCUT2D eigenvalue weighted by molar-refractivity contribution is 6.02. The molecule has 0 atom stereocenters. The molecule has 0 aliphatic rings. The number of rotatable bonds is 3. The van der Waals surface area contributed by atoms with Crippen LogP contribution < -0.4 is 5.11 Å². The Bertz CT molecular complexity index is 1040. The lowest BCUT2D eigenvalue weighted by atomic mass is 9.96. The SMILES string of the molecule is C[N+](C)(C)Cc1c2ccccc2cc2ccccc12.O=C([O-])c1ccccc1. The van der Waals surface area contributed by atoms with Crippen LogP contribution in [0.5, 0.6) is 0 Å². The van der Waals surface area contributed by atoms with Gasteiger partial charge >= 0.3 is 0 Å². The Hall–Kier alpha value is -3.17. The first kappa shape index (κ1) is 19.6. The molecule has 0 saturated carbocycles. The first-order valence-electron chi connectivity index (χ1n) is 9.31. The molecular weight excluding hydrogens is 346 g/mol. The first-order chi connectivity index (χ1) is 13.3. The summed E-state index contributed by atoms with van der Waals surface area (Å²) in [6.07, 6.45) is 0. The summed E-state index contributed by atoms with van der Waals surface area (Å²) in [6.45, 7) is 1.04. The molecule has 28 heavy (non-hydrogen) atoms. The number of hydrogen-bond acceptors (Lipinski definition) is 2. The highest BCUT2D eigenvalue weighted by Crippen LogP contribution is 2.29. The van der Waals surface area contributed by atoms with Crippen molar-refractivity contribution < 1.29 is 14.4 Å². The minimum atomic E-state index is -1.13. The van der Waals surface area contributed by atoms with Crippen molar-refractivity contribution in [1.29, 1.82) is 0 Å². The fourth-order valence-corrected chi connectivity index (χ4v) is 3.33. The van der Waals surface area contributed by atoms with Gasteiger partial charge in [-0.3, -0.25) is 0 Å². The van der Waals surface area contributed by atoms with Gasteiger partial charge in [-0.15, -0.1) is 0 Å². The number of hydrogen-bond donors (Lipinski definition) is 0. The lowest BCUT2D eigenvalue weighted by Gasteiger charge is -2.25. The number of carbonyl (C=O) groups excluding carboxylic acids is 1. The van der Waals surface area contributed by atoms with Crippen LogP contribution in [0.15, 0.2) is 84.9 Å². The molecule has 3 heteroatoms. The molecule has 0 unspecified atom stereocenters. The monoisotopic (exact) mass is 371 g/mol. The van der Waals surface area contributed by atoms with Gasteiger partial charge in [-0.25, -0.2) is 0 Å². The maximum absolute atomic E-state index is 10.1. The number of fused-ring (bicyclic) bond motifs is 2. The number of aromatic carboxylic acids is 1. The number of carboxylic acid groups (broad SMARTS) is 1. The van der Waals surface area contributed by atoms with Crippen LogP contribution in [0.2, 0.25) is 0 Å². The zero-order chi connectivity index (χ0) is 20.1. The Morgan fingerprint density at radius 3 is 1.64 bits per heavy atom. The van der Waals surface area contributed by atoms with Crippen molar-refractivity contribution in [2.45, 2.75) is 6.54 Å². The van der Waals surface area contributed by atoms with Crippen molar-refractivity contribution in [3.63, 3.8) is 0 Å². The molecule has 0 bridgehead atoms. The number of carbonyl (C=O) groups is 1. The molecule has 4 aromatic rings. The van der Waals surface area contributed by atoms with Gasteiger partial charge in [0.05, 0.1) is 27.1 Å². The molecule has 0 spiro atoms. The van der Waals surface area contributed by atoms with Crippen molar-refractivity contribution in [3.8, 4) is 0 Å². The zero-order valence-electron chi connectivity index (χ0n) is 16.6. The van der Waals surface area contributed by atoms with E-state index in [1.807, 2.05) is 0 Å². The van der Waals surface area contributed by atoms with E-state index in [1.165, 1.54) is 39.2 Å². The van der Waals surface area contributed by atoms with E-state index in [4.69, 9.17) is 0 Å². The quantitative estimate of drug-likeness (QED) is 0.399. The zero-order valence-corrected chi connectivity index (χ0v) is 16.6. The molecule has 0 saturated heterocycles. The summed E-state index contributed by atoms with van der Waals surface area (Å²) in [5.74, 6) is -1.13. The Kier molecular flexibility index (Phi) is 5.76. The summed E-state index contributed by atoms with van der Waals surface area (Å²) >= 11 is 0. The normalized spacial score (nSPS) is 11.1. The number of nitrogens with zero attached hydrogens (tertiary/aromatic N) is 1.